The minimum Gasteiger partial charge on any atom is -0.375 e. The van der Waals surface area contributed by atoms with E-state index >= 15 is 0 Å². The topological polar surface area (TPSA) is 24.5 Å². The van der Waals surface area contributed by atoms with Crippen LogP contribution in [0.4, 0.5) is 0 Å². The van der Waals surface area contributed by atoms with E-state index in [2.05, 4.69) is 17.1 Å². The summed E-state index contributed by atoms with van der Waals surface area (Å²) in [4.78, 5) is 2.68. The summed E-state index contributed by atoms with van der Waals surface area (Å²) in [6.07, 6.45) is 9.01. The van der Waals surface area contributed by atoms with Crippen molar-refractivity contribution in [1.82, 2.24) is 10.2 Å². The molecule has 3 heteroatoms. The second-order valence-corrected chi connectivity index (χ2v) is 7.03. The molecule has 0 aromatic heterocycles. The zero-order chi connectivity index (χ0) is 15.1. The second kappa shape index (κ2) is 9.12. The lowest BCUT2D eigenvalue weighted by atomic mass is 9.84. The molecule has 0 bridgehead atoms. The van der Waals surface area contributed by atoms with E-state index in [-0.39, 0.29) is 0 Å². The third-order valence-electron chi connectivity index (χ3n) is 5.23. The van der Waals surface area contributed by atoms with Gasteiger partial charge in [0.15, 0.2) is 0 Å². The molecule has 0 radical (unpaired) electrons. The highest BCUT2D eigenvalue weighted by atomic mass is 16.5. The molecule has 3 fully saturated rings. The Balaban J connectivity index is 0.000000774. The van der Waals surface area contributed by atoms with Crippen molar-refractivity contribution in [3.8, 4) is 0 Å². The van der Waals surface area contributed by atoms with Crippen LogP contribution in [0.5, 0.6) is 0 Å². The van der Waals surface area contributed by atoms with Gasteiger partial charge in [-0.1, -0.05) is 20.8 Å². The van der Waals surface area contributed by atoms with Crippen LogP contribution >= 0.6 is 0 Å². The summed E-state index contributed by atoms with van der Waals surface area (Å²) in [7, 11) is 0. The fourth-order valence-corrected chi connectivity index (χ4v) is 3.87. The Labute approximate surface area is 131 Å². The molecule has 2 saturated heterocycles. The molecular weight excluding hydrogens is 260 g/mol. The standard InChI is InChI=1S/C16H30N2O.C2H6/c1-13-10-16(11-13)19-15-4-8-18(9-5-15)12-14-2-6-17-7-3-14;1-2/h13-17H,2-12H2,1H3;1-2H3. The molecule has 3 aliphatic rings. The molecule has 1 saturated carbocycles. The highest BCUT2D eigenvalue weighted by molar-refractivity contribution is 4.81. The number of nitrogens with zero attached hydrogens (tertiary/aromatic N) is 1. The SMILES string of the molecule is CC.CC1CC(OC2CCN(CC3CCNCC3)CC2)C1. The van der Waals surface area contributed by atoms with Crippen LogP contribution in [-0.4, -0.2) is 49.8 Å². The van der Waals surface area contributed by atoms with E-state index in [9.17, 15) is 0 Å². The van der Waals surface area contributed by atoms with Gasteiger partial charge in [0.2, 0.25) is 0 Å². The first-order chi connectivity index (χ1) is 10.3. The van der Waals surface area contributed by atoms with Crippen LogP contribution in [-0.2, 0) is 4.74 Å². The average molecular weight is 296 g/mol. The summed E-state index contributed by atoms with van der Waals surface area (Å²) in [6, 6.07) is 0. The van der Waals surface area contributed by atoms with Gasteiger partial charge in [-0.3, -0.25) is 0 Å². The monoisotopic (exact) mass is 296 g/mol. The highest BCUT2D eigenvalue weighted by Gasteiger charge is 2.30. The number of likely N-dealkylation sites (tertiary alicyclic amines) is 1. The molecule has 2 aliphatic heterocycles. The van der Waals surface area contributed by atoms with Gasteiger partial charge in [0.1, 0.15) is 0 Å². The molecular formula is C18H36N2O. The van der Waals surface area contributed by atoms with E-state index < -0.39 is 0 Å². The summed E-state index contributed by atoms with van der Waals surface area (Å²) in [5, 5.41) is 3.46. The molecule has 124 valence electrons. The maximum Gasteiger partial charge on any atom is 0.0603 e. The zero-order valence-electron chi connectivity index (χ0n) is 14.4. The average Bonchev–Trinajstić information content (AvgIpc) is 2.51. The van der Waals surface area contributed by atoms with E-state index in [1.165, 1.54) is 71.2 Å². The normalized spacial score (nSPS) is 32.1. The van der Waals surface area contributed by atoms with Crippen LogP contribution in [0.1, 0.15) is 59.3 Å². The van der Waals surface area contributed by atoms with Crippen LogP contribution in [0, 0.1) is 11.8 Å². The molecule has 3 nitrogen and oxygen atoms in total. The third kappa shape index (κ3) is 5.54. The van der Waals surface area contributed by atoms with Crippen molar-refractivity contribution in [3.63, 3.8) is 0 Å². The zero-order valence-corrected chi connectivity index (χ0v) is 14.4. The summed E-state index contributed by atoms with van der Waals surface area (Å²) in [6.45, 7) is 12.6. The van der Waals surface area contributed by atoms with Crippen LogP contribution < -0.4 is 5.32 Å². The first kappa shape index (κ1) is 17.2. The van der Waals surface area contributed by atoms with E-state index in [1.807, 2.05) is 13.8 Å². The van der Waals surface area contributed by atoms with Crippen molar-refractivity contribution in [1.29, 1.82) is 0 Å². The van der Waals surface area contributed by atoms with Gasteiger partial charge in [0.25, 0.3) is 0 Å². The van der Waals surface area contributed by atoms with Crippen molar-refractivity contribution in [2.75, 3.05) is 32.7 Å². The molecule has 3 rings (SSSR count). The lowest BCUT2D eigenvalue weighted by Crippen LogP contribution is -2.43. The Morgan fingerprint density at radius 3 is 2.14 bits per heavy atom. The Morgan fingerprint density at radius 1 is 0.952 bits per heavy atom. The maximum atomic E-state index is 6.20. The van der Waals surface area contributed by atoms with Crippen LogP contribution in [0.3, 0.4) is 0 Å². The van der Waals surface area contributed by atoms with Gasteiger partial charge in [-0.25, -0.2) is 0 Å². The molecule has 0 atom stereocenters. The lowest BCUT2D eigenvalue weighted by molar-refractivity contribution is -0.0913. The number of hydrogen-bond donors (Lipinski definition) is 1. The molecule has 0 aromatic carbocycles. The number of rotatable bonds is 4. The molecule has 2 heterocycles. The summed E-state index contributed by atoms with van der Waals surface area (Å²) < 4.78 is 6.20. The van der Waals surface area contributed by atoms with Crippen molar-refractivity contribution >= 4 is 0 Å². The number of ether oxygens (including phenoxy) is 1. The Morgan fingerprint density at radius 2 is 1.57 bits per heavy atom. The van der Waals surface area contributed by atoms with Gasteiger partial charge in [-0.15, -0.1) is 0 Å². The lowest BCUT2D eigenvalue weighted by Gasteiger charge is -2.40. The maximum absolute atomic E-state index is 6.20. The van der Waals surface area contributed by atoms with E-state index in [0.29, 0.717) is 12.2 Å². The summed E-state index contributed by atoms with van der Waals surface area (Å²) in [5.74, 6) is 1.84. The van der Waals surface area contributed by atoms with Gasteiger partial charge < -0.3 is 15.0 Å². The smallest absolute Gasteiger partial charge is 0.0603 e. The minimum absolute atomic E-state index is 0.557. The Hall–Kier alpha value is -0.120. The number of nitrogens with one attached hydrogen (secondary N) is 1. The van der Waals surface area contributed by atoms with Gasteiger partial charge in [-0.05, 0) is 63.5 Å². The van der Waals surface area contributed by atoms with Gasteiger partial charge in [0, 0.05) is 19.6 Å². The Kier molecular flexibility index (Phi) is 7.48. The van der Waals surface area contributed by atoms with E-state index in [4.69, 9.17) is 4.74 Å². The van der Waals surface area contributed by atoms with Gasteiger partial charge in [0.05, 0.1) is 12.2 Å². The van der Waals surface area contributed by atoms with Crippen LogP contribution in [0.2, 0.25) is 0 Å². The van der Waals surface area contributed by atoms with Gasteiger partial charge >= 0.3 is 0 Å². The number of piperidine rings is 2. The first-order valence-corrected chi connectivity index (χ1v) is 9.38. The minimum atomic E-state index is 0.557. The van der Waals surface area contributed by atoms with Crippen LogP contribution in [0.25, 0.3) is 0 Å². The van der Waals surface area contributed by atoms with Crippen molar-refractivity contribution in [3.05, 3.63) is 0 Å². The van der Waals surface area contributed by atoms with E-state index in [0.717, 1.165) is 11.8 Å². The van der Waals surface area contributed by atoms with Crippen LogP contribution in [0.15, 0.2) is 0 Å². The highest BCUT2D eigenvalue weighted by Crippen LogP contribution is 2.31. The molecule has 1 aliphatic carbocycles. The summed E-state index contributed by atoms with van der Waals surface area (Å²) >= 11 is 0. The fraction of sp³-hybridized carbons (Fsp3) is 1.00. The van der Waals surface area contributed by atoms with Crippen molar-refractivity contribution in [2.24, 2.45) is 11.8 Å². The largest absolute Gasteiger partial charge is 0.375 e. The fourth-order valence-electron chi connectivity index (χ4n) is 3.87. The summed E-state index contributed by atoms with van der Waals surface area (Å²) in [5.41, 5.74) is 0. The quantitative estimate of drug-likeness (QED) is 0.861. The molecule has 0 spiro atoms. The molecule has 0 amide bonds. The van der Waals surface area contributed by atoms with Crippen molar-refractivity contribution < 1.29 is 4.74 Å². The second-order valence-electron chi connectivity index (χ2n) is 7.03. The Bertz CT molecular complexity index is 264. The molecule has 0 unspecified atom stereocenters. The van der Waals surface area contributed by atoms with E-state index in [1.54, 1.807) is 0 Å². The predicted molar refractivity (Wildman–Crippen MR) is 89.7 cm³/mol. The van der Waals surface area contributed by atoms with Crippen molar-refractivity contribution in [2.45, 2.75) is 71.5 Å². The molecule has 0 aromatic rings. The number of hydrogen-bond acceptors (Lipinski definition) is 3. The van der Waals surface area contributed by atoms with Gasteiger partial charge in [-0.2, -0.15) is 0 Å². The predicted octanol–water partition coefficient (Wildman–Crippen LogP) is 3.29. The third-order valence-corrected chi connectivity index (χ3v) is 5.23. The first-order valence-electron chi connectivity index (χ1n) is 9.38. The molecule has 1 N–H and O–H groups in total. The molecule has 21 heavy (non-hydrogen) atoms.